The summed E-state index contributed by atoms with van der Waals surface area (Å²) >= 11 is 5.79. The van der Waals surface area contributed by atoms with Crippen LogP contribution in [0.2, 0.25) is 5.02 Å². The minimum absolute atomic E-state index is 0.0161. The molecule has 0 heterocycles. The van der Waals surface area contributed by atoms with Crippen LogP contribution < -0.4 is 5.32 Å². The highest BCUT2D eigenvalue weighted by Gasteiger charge is 2.11. The molecule has 0 radical (unpaired) electrons. The number of amides is 2. The Morgan fingerprint density at radius 1 is 1.42 bits per heavy atom. The number of carbonyl (C=O) groups is 2. The molecule has 19 heavy (non-hydrogen) atoms. The van der Waals surface area contributed by atoms with Gasteiger partial charge in [0.2, 0.25) is 0 Å². The van der Waals surface area contributed by atoms with Gasteiger partial charge in [0, 0.05) is 31.4 Å². The first-order valence-corrected chi connectivity index (χ1v) is 5.86. The summed E-state index contributed by atoms with van der Waals surface area (Å²) in [5.74, 6) is -1.11. The van der Waals surface area contributed by atoms with Crippen LogP contribution in [0.15, 0.2) is 18.2 Å². The lowest BCUT2D eigenvalue weighted by Gasteiger charge is -2.17. The zero-order valence-electron chi connectivity index (χ0n) is 10.6. The predicted octanol–water partition coefficient (Wildman–Crippen LogP) is 2.15. The van der Waals surface area contributed by atoms with Gasteiger partial charge in [0.15, 0.2) is 0 Å². The van der Waals surface area contributed by atoms with Crippen LogP contribution in [0.5, 0.6) is 0 Å². The number of nitrogens with zero attached hydrogens (tertiary/aromatic N) is 1. The number of anilines is 1. The van der Waals surface area contributed by atoms with Crippen LogP contribution >= 0.6 is 11.6 Å². The minimum Gasteiger partial charge on any atom is -0.478 e. The lowest BCUT2D eigenvalue weighted by Crippen LogP contribution is -2.33. The Morgan fingerprint density at radius 3 is 2.68 bits per heavy atom. The van der Waals surface area contributed by atoms with Crippen molar-refractivity contribution in [1.29, 1.82) is 0 Å². The van der Waals surface area contributed by atoms with Crippen LogP contribution in [0.4, 0.5) is 10.5 Å². The first kappa shape index (κ1) is 15.3. The van der Waals surface area contributed by atoms with E-state index in [1.54, 1.807) is 14.2 Å². The fourth-order valence-electron chi connectivity index (χ4n) is 1.33. The molecule has 6 nitrogen and oxygen atoms in total. The Bertz CT molecular complexity index is 479. The van der Waals surface area contributed by atoms with Crippen LogP contribution in [0.25, 0.3) is 0 Å². The second-order valence-electron chi connectivity index (χ2n) is 3.88. The van der Waals surface area contributed by atoms with Gasteiger partial charge in [-0.25, -0.2) is 9.59 Å². The molecule has 104 valence electrons. The summed E-state index contributed by atoms with van der Waals surface area (Å²) in [7, 11) is 3.15. The van der Waals surface area contributed by atoms with E-state index in [-0.39, 0.29) is 16.6 Å². The van der Waals surface area contributed by atoms with Gasteiger partial charge in [-0.05, 0) is 18.2 Å². The number of likely N-dealkylation sites (N-methyl/N-ethyl adjacent to an activating group) is 1. The van der Waals surface area contributed by atoms with E-state index in [2.05, 4.69) is 5.32 Å². The zero-order chi connectivity index (χ0) is 14.4. The van der Waals surface area contributed by atoms with E-state index >= 15 is 0 Å². The molecule has 7 heteroatoms. The number of carboxylic acid groups (broad SMARTS) is 1. The van der Waals surface area contributed by atoms with Gasteiger partial charge in [-0.2, -0.15) is 0 Å². The van der Waals surface area contributed by atoms with Crippen molar-refractivity contribution in [2.75, 3.05) is 32.6 Å². The molecule has 1 rings (SSSR count). The number of urea groups is 1. The number of hydrogen-bond acceptors (Lipinski definition) is 3. The number of nitrogens with one attached hydrogen (secondary N) is 1. The fourth-order valence-corrected chi connectivity index (χ4v) is 1.57. The molecule has 0 aliphatic heterocycles. The molecule has 2 amide bonds. The van der Waals surface area contributed by atoms with Gasteiger partial charge in [-0.3, -0.25) is 0 Å². The summed E-state index contributed by atoms with van der Waals surface area (Å²) in [5.41, 5.74) is 0.349. The smallest absolute Gasteiger partial charge is 0.335 e. The molecule has 0 saturated heterocycles. The van der Waals surface area contributed by atoms with E-state index in [9.17, 15) is 9.59 Å². The van der Waals surface area contributed by atoms with Gasteiger partial charge in [0.25, 0.3) is 0 Å². The molecule has 0 atom stereocenters. The first-order valence-electron chi connectivity index (χ1n) is 5.49. The lowest BCUT2D eigenvalue weighted by atomic mass is 10.2. The Hall–Kier alpha value is -1.79. The van der Waals surface area contributed by atoms with E-state index in [1.165, 1.54) is 23.1 Å². The molecule has 0 bridgehead atoms. The molecule has 1 aromatic rings. The highest BCUT2D eigenvalue weighted by atomic mass is 35.5. The van der Waals surface area contributed by atoms with Gasteiger partial charge >= 0.3 is 12.0 Å². The summed E-state index contributed by atoms with van der Waals surface area (Å²) in [6.07, 6.45) is 0. The Balaban J connectivity index is 2.76. The van der Waals surface area contributed by atoms with E-state index in [0.29, 0.717) is 18.8 Å². The fraction of sp³-hybridized carbons (Fsp3) is 0.333. The van der Waals surface area contributed by atoms with Gasteiger partial charge in [0.1, 0.15) is 0 Å². The molecule has 0 aromatic heterocycles. The molecular formula is C12H15ClN2O4. The molecule has 0 spiro atoms. The Labute approximate surface area is 115 Å². The number of rotatable bonds is 5. The topological polar surface area (TPSA) is 78.9 Å². The maximum absolute atomic E-state index is 11.8. The number of carbonyl (C=O) groups excluding carboxylic acids is 1. The number of ether oxygens (including phenoxy) is 1. The quantitative estimate of drug-likeness (QED) is 0.869. The normalized spacial score (nSPS) is 10.1. The summed E-state index contributed by atoms with van der Waals surface area (Å²) in [6, 6.07) is 3.77. The van der Waals surface area contributed by atoms with E-state index in [1.807, 2.05) is 0 Å². The number of benzene rings is 1. The van der Waals surface area contributed by atoms with Crippen LogP contribution in [0, 0.1) is 0 Å². The van der Waals surface area contributed by atoms with Crippen molar-refractivity contribution in [2.45, 2.75) is 0 Å². The van der Waals surface area contributed by atoms with Crippen LogP contribution in [-0.2, 0) is 4.74 Å². The van der Waals surface area contributed by atoms with Crippen molar-refractivity contribution in [3.63, 3.8) is 0 Å². The molecule has 2 N–H and O–H groups in total. The highest BCUT2D eigenvalue weighted by molar-refractivity contribution is 6.31. The molecule has 0 fully saturated rings. The van der Waals surface area contributed by atoms with Crippen LogP contribution in [0.3, 0.4) is 0 Å². The number of carboxylic acids is 1. The van der Waals surface area contributed by atoms with Crippen molar-refractivity contribution in [3.05, 3.63) is 28.8 Å². The van der Waals surface area contributed by atoms with E-state index in [0.717, 1.165) is 0 Å². The third-order valence-electron chi connectivity index (χ3n) is 2.37. The second kappa shape index (κ2) is 6.96. The standard InChI is InChI=1S/C12H15ClN2O4/c1-15(3-4-19-2)12(18)14-10-6-8(11(16)17)5-9(13)7-10/h5-7H,3-4H2,1-2H3,(H,14,18)(H,16,17). The summed E-state index contributed by atoms with van der Waals surface area (Å²) in [6.45, 7) is 0.842. The summed E-state index contributed by atoms with van der Waals surface area (Å²) in [4.78, 5) is 24.1. The van der Waals surface area contributed by atoms with Crippen molar-refractivity contribution >= 4 is 29.3 Å². The largest absolute Gasteiger partial charge is 0.478 e. The van der Waals surface area contributed by atoms with Crippen molar-refractivity contribution in [3.8, 4) is 0 Å². The van der Waals surface area contributed by atoms with Gasteiger partial charge in [-0.15, -0.1) is 0 Å². The van der Waals surface area contributed by atoms with Crippen molar-refractivity contribution < 1.29 is 19.4 Å². The lowest BCUT2D eigenvalue weighted by molar-refractivity contribution is 0.0697. The minimum atomic E-state index is -1.11. The predicted molar refractivity (Wildman–Crippen MR) is 71.9 cm³/mol. The van der Waals surface area contributed by atoms with Gasteiger partial charge in [0.05, 0.1) is 12.2 Å². The molecule has 0 aliphatic carbocycles. The number of methoxy groups -OCH3 is 1. The monoisotopic (exact) mass is 286 g/mol. The van der Waals surface area contributed by atoms with E-state index < -0.39 is 5.97 Å². The average Bonchev–Trinajstić information content (AvgIpc) is 2.34. The highest BCUT2D eigenvalue weighted by Crippen LogP contribution is 2.19. The zero-order valence-corrected chi connectivity index (χ0v) is 11.4. The van der Waals surface area contributed by atoms with E-state index in [4.69, 9.17) is 21.4 Å². The number of halogens is 1. The Kier molecular flexibility index (Phi) is 5.59. The van der Waals surface area contributed by atoms with Gasteiger partial charge < -0.3 is 20.1 Å². The first-order chi connectivity index (χ1) is 8.93. The molecule has 0 aliphatic rings. The Morgan fingerprint density at radius 2 is 2.11 bits per heavy atom. The van der Waals surface area contributed by atoms with Gasteiger partial charge in [-0.1, -0.05) is 11.6 Å². The summed E-state index contributed by atoms with van der Waals surface area (Å²) in [5, 5.41) is 11.7. The molecule has 1 aromatic carbocycles. The summed E-state index contributed by atoms with van der Waals surface area (Å²) < 4.78 is 4.86. The van der Waals surface area contributed by atoms with Crippen LogP contribution in [-0.4, -0.2) is 49.3 Å². The maximum atomic E-state index is 11.8. The SMILES string of the molecule is COCCN(C)C(=O)Nc1cc(Cl)cc(C(=O)O)c1. The molecule has 0 unspecified atom stereocenters. The maximum Gasteiger partial charge on any atom is 0.335 e. The second-order valence-corrected chi connectivity index (χ2v) is 4.31. The molecular weight excluding hydrogens is 272 g/mol. The number of aromatic carboxylic acids is 1. The third-order valence-corrected chi connectivity index (χ3v) is 2.59. The molecule has 0 saturated carbocycles. The third kappa shape index (κ3) is 4.76. The van der Waals surface area contributed by atoms with Crippen LogP contribution in [0.1, 0.15) is 10.4 Å². The van der Waals surface area contributed by atoms with Crippen molar-refractivity contribution in [1.82, 2.24) is 4.90 Å². The van der Waals surface area contributed by atoms with Crippen molar-refractivity contribution in [2.24, 2.45) is 0 Å². The number of hydrogen-bond donors (Lipinski definition) is 2. The average molecular weight is 287 g/mol.